The molecule has 0 unspecified atom stereocenters. The molecule has 0 bridgehead atoms. The van der Waals surface area contributed by atoms with Crippen molar-refractivity contribution in [2.75, 3.05) is 12.8 Å². The molecule has 0 aromatic carbocycles. The number of hydrogen-bond acceptors (Lipinski definition) is 7. The standard InChI is InChI=1S/C16H16FN5O2S.C2H6/c1-7-8(2)21-22-16-11(7)12(18)13(25-16)14(23)19-5-9-4-10(17)15(24-3)20-6-9;1-2/h4,6H,5,18H2,1-3H3,(H,19,23);1-2H3. The van der Waals surface area contributed by atoms with Crippen LogP contribution in [0.5, 0.6) is 5.88 Å². The van der Waals surface area contributed by atoms with E-state index in [2.05, 4.69) is 20.5 Å². The van der Waals surface area contributed by atoms with Crippen LogP contribution in [-0.2, 0) is 6.54 Å². The number of methoxy groups -OCH3 is 1. The number of nitrogen functional groups attached to an aromatic ring is 1. The van der Waals surface area contributed by atoms with Crippen LogP contribution in [-0.4, -0.2) is 28.2 Å². The van der Waals surface area contributed by atoms with E-state index >= 15 is 0 Å². The smallest absolute Gasteiger partial charge is 0.263 e. The number of thiophene rings is 1. The molecule has 144 valence electrons. The Morgan fingerprint density at radius 2 is 2.04 bits per heavy atom. The molecule has 0 atom stereocenters. The zero-order chi connectivity index (χ0) is 20.1. The molecule has 3 aromatic rings. The van der Waals surface area contributed by atoms with Gasteiger partial charge in [-0.05, 0) is 31.0 Å². The normalized spacial score (nSPS) is 10.3. The number of anilines is 1. The van der Waals surface area contributed by atoms with Crippen molar-refractivity contribution in [2.24, 2.45) is 0 Å². The maximum absolute atomic E-state index is 13.7. The van der Waals surface area contributed by atoms with Gasteiger partial charge in [0.2, 0.25) is 5.88 Å². The zero-order valence-corrected chi connectivity index (χ0v) is 16.7. The van der Waals surface area contributed by atoms with Crippen molar-refractivity contribution in [3.63, 3.8) is 0 Å². The molecule has 0 saturated carbocycles. The van der Waals surface area contributed by atoms with Gasteiger partial charge in [0.05, 0.1) is 18.5 Å². The number of carbonyl (C=O) groups excluding carboxylic acids is 1. The summed E-state index contributed by atoms with van der Waals surface area (Å²) in [6, 6.07) is 1.26. The van der Waals surface area contributed by atoms with Gasteiger partial charge in [-0.3, -0.25) is 4.79 Å². The first-order chi connectivity index (χ1) is 12.9. The quantitative estimate of drug-likeness (QED) is 0.707. The summed E-state index contributed by atoms with van der Waals surface area (Å²) in [5.74, 6) is -1.03. The SMILES string of the molecule is CC.COc1ncc(CNC(=O)c2sc3nnc(C)c(C)c3c2N)cc1F. The number of aromatic nitrogens is 3. The lowest BCUT2D eigenvalue weighted by Gasteiger charge is -2.06. The first-order valence-electron chi connectivity index (χ1n) is 8.40. The summed E-state index contributed by atoms with van der Waals surface area (Å²) in [6.45, 7) is 7.84. The molecule has 3 heterocycles. The summed E-state index contributed by atoms with van der Waals surface area (Å²) < 4.78 is 18.4. The second kappa shape index (κ2) is 8.72. The minimum atomic E-state index is -0.586. The Bertz CT molecular complexity index is 974. The molecule has 3 N–H and O–H groups in total. The van der Waals surface area contributed by atoms with Crippen LogP contribution in [0.4, 0.5) is 10.1 Å². The maximum atomic E-state index is 13.7. The zero-order valence-electron chi connectivity index (χ0n) is 15.9. The lowest BCUT2D eigenvalue weighted by Crippen LogP contribution is -2.22. The van der Waals surface area contributed by atoms with Crippen LogP contribution >= 0.6 is 11.3 Å². The van der Waals surface area contributed by atoms with Crippen LogP contribution in [0.25, 0.3) is 10.2 Å². The molecular formula is C18H22FN5O2S. The Kier molecular flexibility index (Phi) is 6.62. The Morgan fingerprint density at radius 1 is 1.33 bits per heavy atom. The van der Waals surface area contributed by atoms with E-state index in [4.69, 9.17) is 10.5 Å². The third kappa shape index (κ3) is 4.13. The average molecular weight is 391 g/mol. The Labute approximate surface area is 160 Å². The van der Waals surface area contributed by atoms with E-state index in [-0.39, 0.29) is 18.3 Å². The monoisotopic (exact) mass is 391 g/mol. The third-order valence-electron chi connectivity index (χ3n) is 3.85. The third-order valence-corrected chi connectivity index (χ3v) is 4.94. The number of carbonyl (C=O) groups is 1. The number of nitrogens with zero attached hydrogens (tertiary/aromatic N) is 3. The van der Waals surface area contributed by atoms with Gasteiger partial charge < -0.3 is 15.8 Å². The van der Waals surface area contributed by atoms with Crippen LogP contribution in [0.15, 0.2) is 12.3 Å². The molecule has 0 aliphatic carbocycles. The van der Waals surface area contributed by atoms with E-state index in [1.54, 1.807) is 0 Å². The van der Waals surface area contributed by atoms with E-state index in [0.29, 0.717) is 21.0 Å². The summed E-state index contributed by atoms with van der Waals surface area (Å²) >= 11 is 1.18. The Hall–Kier alpha value is -2.81. The lowest BCUT2D eigenvalue weighted by molar-refractivity contribution is 0.0955. The van der Waals surface area contributed by atoms with Gasteiger partial charge in [0.1, 0.15) is 9.71 Å². The second-order valence-electron chi connectivity index (χ2n) is 5.45. The first kappa shape index (κ1) is 20.5. The molecule has 3 aromatic heterocycles. The molecular weight excluding hydrogens is 369 g/mol. The number of aryl methyl sites for hydroxylation is 2. The molecule has 0 spiro atoms. The summed E-state index contributed by atoms with van der Waals surface area (Å²) in [5.41, 5.74) is 8.70. The van der Waals surface area contributed by atoms with Gasteiger partial charge in [0.15, 0.2) is 5.82 Å². The van der Waals surface area contributed by atoms with E-state index < -0.39 is 5.82 Å². The van der Waals surface area contributed by atoms with Crippen molar-refractivity contribution >= 4 is 33.1 Å². The molecule has 0 aliphatic heterocycles. The highest BCUT2D eigenvalue weighted by Gasteiger charge is 2.19. The van der Waals surface area contributed by atoms with Gasteiger partial charge in [-0.2, -0.15) is 5.10 Å². The van der Waals surface area contributed by atoms with Gasteiger partial charge in [-0.25, -0.2) is 9.37 Å². The van der Waals surface area contributed by atoms with E-state index in [1.165, 1.54) is 30.7 Å². The van der Waals surface area contributed by atoms with Crippen molar-refractivity contribution < 1.29 is 13.9 Å². The van der Waals surface area contributed by atoms with Crippen LogP contribution < -0.4 is 15.8 Å². The highest BCUT2D eigenvalue weighted by molar-refractivity contribution is 7.21. The topological polar surface area (TPSA) is 103 Å². The lowest BCUT2D eigenvalue weighted by atomic mass is 10.1. The van der Waals surface area contributed by atoms with Gasteiger partial charge >= 0.3 is 0 Å². The van der Waals surface area contributed by atoms with Crippen LogP contribution in [0.2, 0.25) is 0 Å². The number of rotatable bonds is 4. The van der Waals surface area contributed by atoms with Crippen LogP contribution in [0.1, 0.15) is 40.3 Å². The van der Waals surface area contributed by atoms with Crippen LogP contribution in [0, 0.1) is 19.7 Å². The molecule has 9 heteroatoms. The molecule has 7 nitrogen and oxygen atoms in total. The van der Waals surface area contributed by atoms with E-state index in [1.807, 2.05) is 27.7 Å². The number of pyridine rings is 1. The summed E-state index contributed by atoms with van der Waals surface area (Å²) in [4.78, 5) is 17.3. The minimum Gasteiger partial charge on any atom is -0.479 e. The Morgan fingerprint density at radius 3 is 2.67 bits per heavy atom. The second-order valence-corrected chi connectivity index (χ2v) is 6.45. The highest BCUT2D eigenvalue weighted by atomic mass is 32.1. The highest BCUT2D eigenvalue weighted by Crippen LogP contribution is 2.34. The molecule has 0 aliphatic rings. The average Bonchev–Trinajstić information content (AvgIpc) is 3.02. The van der Waals surface area contributed by atoms with Crippen LogP contribution in [0.3, 0.4) is 0 Å². The summed E-state index contributed by atoms with van der Waals surface area (Å²) in [7, 11) is 1.34. The number of halogens is 1. The largest absolute Gasteiger partial charge is 0.479 e. The number of nitrogens with two attached hydrogens (primary N) is 1. The van der Waals surface area contributed by atoms with E-state index in [9.17, 15) is 9.18 Å². The van der Waals surface area contributed by atoms with Crippen molar-refractivity contribution in [1.82, 2.24) is 20.5 Å². The molecule has 0 fully saturated rings. The van der Waals surface area contributed by atoms with Crippen molar-refractivity contribution in [3.8, 4) is 5.88 Å². The predicted molar refractivity (Wildman–Crippen MR) is 105 cm³/mol. The van der Waals surface area contributed by atoms with Gasteiger partial charge in [0.25, 0.3) is 5.91 Å². The first-order valence-corrected chi connectivity index (χ1v) is 9.22. The summed E-state index contributed by atoms with van der Waals surface area (Å²) in [5, 5.41) is 11.6. The minimum absolute atomic E-state index is 0.0896. The van der Waals surface area contributed by atoms with Gasteiger partial charge in [-0.1, -0.05) is 13.8 Å². The van der Waals surface area contributed by atoms with Gasteiger partial charge in [0, 0.05) is 18.1 Å². The van der Waals surface area contributed by atoms with Crippen molar-refractivity contribution in [2.45, 2.75) is 34.2 Å². The number of nitrogens with one attached hydrogen (secondary N) is 1. The molecule has 3 rings (SSSR count). The number of ether oxygens (including phenoxy) is 1. The van der Waals surface area contributed by atoms with Crippen molar-refractivity contribution in [3.05, 3.63) is 39.8 Å². The molecule has 0 saturated heterocycles. The fraction of sp³-hybridized carbons (Fsp3) is 0.333. The number of fused-ring (bicyclic) bond motifs is 1. The number of amides is 1. The molecule has 0 radical (unpaired) electrons. The molecule has 27 heavy (non-hydrogen) atoms. The Balaban J connectivity index is 0.00000126. The fourth-order valence-electron chi connectivity index (χ4n) is 2.38. The predicted octanol–water partition coefficient (Wildman–Crippen LogP) is 3.39. The van der Waals surface area contributed by atoms with Crippen molar-refractivity contribution in [1.29, 1.82) is 0 Å². The maximum Gasteiger partial charge on any atom is 0.263 e. The summed E-state index contributed by atoms with van der Waals surface area (Å²) in [6.07, 6.45) is 1.44. The number of hydrogen-bond donors (Lipinski definition) is 2. The fourth-order valence-corrected chi connectivity index (χ4v) is 3.40. The van der Waals surface area contributed by atoms with Gasteiger partial charge in [-0.15, -0.1) is 16.4 Å². The van der Waals surface area contributed by atoms with E-state index in [0.717, 1.165) is 16.6 Å². The molecule has 1 amide bonds.